The standard InChI is InChI=1S/C11H15N3/c12-8-2-1-3-10(4-8)14-7-9-5-11(14)6-13-9/h1-4,9,11,13H,5-7,12H2. The third kappa shape index (κ3) is 1.16. The van der Waals surface area contributed by atoms with E-state index in [0.29, 0.717) is 12.1 Å². The number of nitrogens with one attached hydrogen (secondary N) is 1. The molecule has 3 N–H and O–H groups in total. The average molecular weight is 189 g/mol. The maximum atomic E-state index is 5.78. The van der Waals surface area contributed by atoms with E-state index in [0.717, 1.165) is 18.8 Å². The maximum absolute atomic E-state index is 5.78. The van der Waals surface area contributed by atoms with Crippen LogP contribution in [-0.2, 0) is 0 Å². The van der Waals surface area contributed by atoms with Crippen molar-refractivity contribution in [3.05, 3.63) is 24.3 Å². The molecule has 2 aliphatic heterocycles. The zero-order chi connectivity index (χ0) is 9.54. The van der Waals surface area contributed by atoms with Crippen LogP contribution in [0.15, 0.2) is 24.3 Å². The Morgan fingerprint density at radius 3 is 3.00 bits per heavy atom. The minimum Gasteiger partial charge on any atom is -0.399 e. The Kier molecular flexibility index (Phi) is 1.67. The van der Waals surface area contributed by atoms with E-state index in [1.165, 1.54) is 12.1 Å². The summed E-state index contributed by atoms with van der Waals surface area (Å²) in [4.78, 5) is 2.47. The molecule has 0 saturated carbocycles. The van der Waals surface area contributed by atoms with Gasteiger partial charge in [0.2, 0.25) is 0 Å². The highest BCUT2D eigenvalue weighted by molar-refractivity contribution is 5.57. The summed E-state index contributed by atoms with van der Waals surface area (Å²) < 4.78 is 0. The van der Waals surface area contributed by atoms with Gasteiger partial charge < -0.3 is 16.0 Å². The second-order valence-corrected chi connectivity index (χ2v) is 4.24. The summed E-state index contributed by atoms with van der Waals surface area (Å²) in [5, 5.41) is 3.50. The van der Waals surface area contributed by atoms with Crippen molar-refractivity contribution in [3.8, 4) is 0 Å². The van der Waals surface area contributed by atoms with Crippen LogP contribution in [0.4, 0.5) is 11.4 Å². The predicted octanol–water partition coefficient (Wildman–Crippen LogP) is 0.819. The quantitative estimate of drug-likeness (QED) is 0.643. The zero-order valence-electron chi connectivity index (χ0n) is 8.11. The second-order valence-electron chi connectivity index (χ2n) is 4.24. The van der Waals surface area contributed by atoms with Crippen LogP contribution >= 0.6 is 0 Å². The minimum absolute atomic E-state index is 0.682. The molecule has 0 aromatic heterocycles. The van der Waals surface area contributed by atoms with E-state index < -0.39 is 0 Å². The third-order valence-electron chi connectivity index (χ3n) is 3.26. The van der Waals surface area contributed by atoms with Gasteiger partial charge >= 0.3 is 0 Å². The van der Waals surface area contributed by atoms with Crippen LogP contribution in [0.25, 0.3) is 0 Å². The lowest BCUT2D eigenvalue weighted by molar-refractivity contribution is 0.580. The first kappa shape index (κ1) is 8.12. The number of benzene rings is 1. The van der Waals surface area contributed by atoms with E-state index in [9.17, 15) is 0 Å². The van der Waals surface area contributed by atoms with Gasteiger partial charge in [-0.05, 0) is 24.6 Å². The van der Waals surface area contributed by atoms with Gasteiger partial charge in [0.25, 0.3) is 0 Å². The van der Waals surface area contributed by atoms with Crippen molar-refractivity contribution in [2.45, 2.75) is 18.5 Å². The van der Waals surface area contributed by atoms with Gasteiger partial charge in [0.05, 0.1) is 0 Å². The third-order valence-corrected chi connectivity index (χ3v) is 3.26. The number of fused-ring (bicyclic) bond motifs is 2. The van der Waals surface area contributed by atoms with Crippen LogP contribution in [0.2, 0.25) is 0 Å². The Bertz CT molecular complexity index is 350. The van der Waals surface area contributed by atoms with Gasteiger partial charge in [-0.1, -0.05) is 6.07 Å². The Morgan fingerprint density at radius 1 is 1.43 bits per heavy atom. The van der Waals surface area contributed by atoms with Crippen molar-refractivity contribution >= 4 is 11.4 Å². The van der Waals surface area contributed by atoms with Gasteiger partial charge in [-0.15, -0.1) is 0 Å². The summed E-state index contributed by atoms with van der Waals surface area (Å²) in [5.74, 6) is 0. The first-order valence-electron chi connectivity index (χ1n) is 5.18. The van der Waals surface area contributed by atoms with Crippen LogP contribution in [0.1, 0.15) is 6.42 Å². The Hall–Kier alpha value is -1.22. The van der Waals surface area contributed by atoms with Gasteiger partial charge in [0.1, 0.15) is 0 Å². The van der Waals surface area contributed by atoms with E-state index in [4.69, 9.17) is 5.73 Å². The molecular weight excluding hydrogens is 174 g/mol. The fourth-order valence-corrected chi connectivity index (χ4v) is 2.58. The minimum atomic E-state index is 0.682. The Labute approximate surface area is 83.9 Å². The van der Waals surface area contributed by atoms with Crippen molar-refractivity contribution in [2.24, 2.45) is 0 Å². The number of nitrogens with zero attached hydrogens (tertiary/aromatic N) is 1. The summed E-state index contributed by atoms with van der Waals surface area (Å²) >= 11 is 0. The number of hydrogen-bond donors (Lipinski definition) is 2. The van der Waals surface area contributed by atoms with Crippen molar-refractivity contribution in [3.63, 3.8) is 0 Å². The van der Waals surface area contributed by atoms with Gasteiger partial charge in [0.15, 0.2) is 0 Å². The molecule has 14 heavy (non-hydrogen) atoms. The zero-order valence-corrected chi connectivity index (χ0v) is 8.11. The van der Waals surface area contributed by atoms with Crippen LogP contribution in [0.3, 0.4) is 0 Å². The number of hydrogen-bond acceptors (Lipinski definition) is 3. The first-order chi connectivity index (χ1) is 6.83. The molecule has 0 aliphatic carbocycles. The topological polar surface area (TPSA) is 41.3 Å². The van der Waals surface area contributed by atoms with Crippen molar-refractivity contribution < 1.29 is 0 Å². The van der Waals surface area contributed by atoms with Crippen molar-refractivity contribution in [1.29, 1.82) is 0 Å². The molecule has 2 fully saturated rings. The fraction of sp³-hybridized carbons (Fsp3) is 0.455. The van der Waals surface area contributed by atoms with Crippen molar-refractivity contribution in [2.75, 3.05) is 23.7 Å². The van der Waals surface area contributed by atoms with Crippen LogP contribution in [0.5, 0.6) is 0 Å². The lowest BCUT2D eigenvalue weighted by Gasteiger charge is -2.29. The molecule has 3 nitrogen and oxygen atoms in total. The SMILES string of the molecule is Nc1cccc(N2CC3CC2CN3)c1. The Morgan fingerprint density at radius 2 is 2.36 bits per heavy atom. The summed E-state index contributed by atoms with van der Waals surface area (Å²) in [5.41, 5.74) is 7.92. The smallest absolute Gasteiger partial charge is 0.0430 e. The number of piperazine rings is 1. The van der Waals surface area contributed by atoms with Crippen LogP contribution in [0, 0.1) is 0 Å². The van der Waals surface area contributed by atoms with E-state index in [1.54, 1.807) is 0 Å². The predicted molar refractivity (Wildman–Crippen MR) is 58.4 cm³/mol. The van der Waals surface area contributed by atoms with Crippen molar-refractivity contribution in [1.82, 2.24) is 5.32 Å². The molecule has 2 aliphatic rings. The summed E-state index contributed by atoms with van der Waals surface area (Å²) in [6.07, 6.45) is 1.29. The number of anilines is 2. The lowest BCUT2D eigenvalue weighted by atomic mass is 10.2. The fourth-order valence-electron chi connectivity index (χ4n) is 2.58. The Balaban J connectivity index is 1.89. The molecule has 2 atom stereocenters. The first-order valence-corrected chi connectivity index (χ1v) is 5.18. The summed E-state index contributed by atoms with van der Waals surface area (Å²) in [7, 11) is 0. The molecular formula is C11H15N3. The average Bonchev–Trinajstić information content (AvgIpc) is 2.78. The molecule has 3 heteroatoms. The molecule has 0 radical (unpaired) electrons. The normalized spacial score (nSPS) is 29.9. The second kappa shape index (κ2) is 2.89. The monoisotopic (exact) mass is 189 g/mol. The molecule has 0 amide bonds. The number of rotatable bonds is 1. The summed E-state index contributed by atoms with van der Waals surface area (Å²) in [6, 6.07) is 9.57. The molecule has 1 aromatic rings. The largest absolute Gasteiger partial charge is 0.399 e. The van der Waals surface area contributed by atoms with E-state index >= 15 is 0 Å². The van der Waals surface area contributed by atoms with Gasteiger partial charge in [-0.2, -0.15) is 0 Å². The molecule has 3 rings (SSSR count). The highest BCUT2D eigenvalue weighted by atomic mass is 15.3. The molecule has 2 unspecified atom stereocenters. The molecule has 2 saturated heterocycles. The van der Waals surface area contributed by atoms with Crippen LogP contribution < -0.4 is 16.0 Å². The molecule has 2 heterocycles. The number of nitrogen functional groups attached to an aromatic ring is 1. The van der Waals surface area contributed by atoms with Gasteiger partial charge in [-0.25, -0.2) is 0 Å². The maximum Gasteiger partial charge on any atom is 0.0430 e. The molecule has 2 bridgehead atoms. The molecule has 74 valence electrons. The number of nitrogens with two attached hydrogens (primary N) is 1. The lowest BCUT2D eigenvalue weighted by Crippen LogP contribution is -2.43. The molecule has 1 aromatic carbocycles. The highest BCUT2D eigenvalue weighted by Gasteiger charge is 2.37. The van der Waals surface area contributed by atoms with Gasteiger partial charge in [0, 0.05) is 36.5 Å². The van der Waals surface area contributed by atoms with Crippen LogP contribution in [-0.4, -0.2) is 25.2 Å². The van der Waals surface area contributed by atoms with E-state index in [1.807, 2.05) is 12.1 Å². The van der Waals surface area contributed by atoms with E-state index in [-0.39, 0.29) is 0 Å². The summed E-state index contributed by atoms with van der Waals surface area (Å²) in [6.45, 7) is 2.26. The highest BCUT2D eigenvalue weighted by Crippen LogP contribution is 2.29. The van der Waals surface area contributed by atoms with E-state index in [2.05, 4.69) is 22.3 Å². The molecule has 0 spiro atoms. The van der Waals surface area contributed by atoms with Gasteiger partial charge in [-0.3, -0.25) is 0 Å².